The molecule has 0 atom stereocenters. The molecule has 1 rings (SSSR count). The summed E-state index contributed by atoms with van der Waals surface area (Å²) in [6.07, 6.45) is 2.94. The SMILES string of the molecule is CCCCOCCCNC(=O)c1[nH]c(C)c(C(=O)OC)c1C. The first kappa shape index (κ1) is 18.2. The second-order valence-electron chi connectivity index (χ2n) is 5.19. The van der Waals surface area contributed by atoms with Gasteiger partial charge in [-0.2, -0.15) is 0 Å². The number of methoxy groups -OCH3 is 1. The van der Waals surface area contributed by atoms with E-state index >= 15 is 0 Å². The molecular weight excluding hydrogens is 284 g/mol. The Morgan fingerprint density at radius 1 is 1.18 bits per heavy atom. The zero-order valence-electron chi connectivity index (χ0n) is 13.9. The van der Waals surface area contributed by atoms with E-state index in [1.165, 1.54) is 7.11 Å². The third-order valence-corrected chi connectivity index (χ3v) is 3.45. The zero-order chi connectivity index (χ0) is 16.5. The first-order chi connectivity index (χ1) is 10.5. The van der Waals surface area contributed by atoms with Crippen LogP contribution < -0.4 is 5.32 Å². The van der Waals surface area contributed by atoms with Crippen molar-refractivity contribution in [2.24, 2.45) is 0 Å². The number of aromatic nitrogens is 1. The Morgan fingerprint density at radius 2 is 1.86 bits per heavy atom. The Morgan fingerprint density at radius 3 is 2.50 bits per heavy atom. The van der Waals surface area contributed by atoms with Gasteiger partial charge in [0.05, 0.1) is 12.7 Å². The maximum absolute atomic E-state index is 12.1. The molecule has 0 radical (unpaired) electrons. The lowest BCUT2D eigenvalue weighted by atomic mass is 10.1. The number of carbonyl (C=O) groups is 2. The molecule has 0 saturated carbocycles. The molecule has 0 aliphatic carbocycles. The van der Waals surface area contributed by atoms with Crippen LogP contribution in [0.4, 0.5) is 0 Å². The predicted octanol–water partition coefficient (Wildman–Crippen LogP) is 2.35. The van der Waals surface area contributed by atoms with Crippen molar-refractivity contribution in [1.82, 2.24) is 10.3 Å². The summed E-state index contributed by atoms with van der Waals surface area (Å²) in [5.41, 5.74) is 2.08. The molecule has 0 aromatic carbocycles. The Bertz CT molecular complexity index is 508. The van der Waals surface area contributed by atoms with E-state index in [0.717, 1.165) is 25.9 Å². The van der Waals surface area contributed by atoms with Crippen molar-refractivity contribution in [1.29, 1.82) is 0 Å². The van der Waals surface area contributed by atoms with E-state index in [9.17, 15) is 9.59 Å². The third-order valence-electron chi connectivity index (χ3n) is 3.45. The van der Waals surface area contributed by atoms with E-state index in [-0.39, 0.29) is 5.91 Å². The number of H-pyrrole nitrogens is 1. The molecule has 6 heteroatoms. The van der Waals surface area contributed by atoms with Crippen LogP contribution in [0, 0.1) is 13.8 Å². The smallest absolute Gasteiger partial charge is 0.339 e. The van der Waals surface area contributed by atoms with Crippen molar-refractivity contribution < 1.29 is 19.1 Å². The molecule has 1 aromatic rings. The topological polar surface area (TPSA) is 80.4 Å². The summed E-state index contributed by atoms with van der Waals surface area (Å²) >= 11 is 0. The average molecular weight is 310 g/mol. The van der Waals surface area contributed by atoms with Crippen molar-refractivity contribution in [3.05, 3.63) is 22.5 Å². The molecule has 1 aromatic heterocycles. The van der Waals surface area contributed by atoms with Crippen molar-refractivity contribution in [3.8, 4) is 0 Å². The number of unbranched alkanes of at least 4 members (excludes halogenated alkanes) is 1. The number of carbonyl (C=O) groups excluding carboxylic acids is 2. The van der Waals surface area contributed by atoms with Crippen molar-refractivity contribution in [3.63, 3.8) is 0 Å². The molecule has 1 heterocycles. The fourth-order valence-corrected chi connectivity index (χ4v) is 2.20. The Balaban J connectivity index is 2.48. The average Bonchev–Trinajstić information content (AvgIpc) is 2.80. The minimum absolute atomic E-state index is 0.218. The van der Waals surface area contributed by atoms with E-state index in [1.807, 2.05) is 0 Å². The monoisotopic (exact) mass is 310 g/mol. The molecule has 0 fully saturated rings. The van der Waals surface area contributed by atoms with Gasteiger partial charge in [-0.05, 0) is 32.3 Å². The molecule has 124 valence electrons. The van der Waals surface area contributed by atoms with Gasteiger partial charge in [0.1, 0.15) is 5.69 Å². The Hall–Kier alpha value is -1.82. The van der Waals surface area contributed by atoms with Crippen LogP contribution in [-0.2, 0) is 9.47 Å². The fourth-order valence-electron chi connectivity index (χ4n) is 2.20. The van der Waals surface area contributed by atoms with Crippen LogP contribution in [0.3, 0.4) is 0 Å². The van der Waals surface area contributed by atoms with E-state index < -0.39 is 5.97 Å². The molecular formula is C16H26N2O4. The fraction of sp³-hybridized carbons (Fsp3) is 0.625. The van der Waals surface area contributed by atoms with Crippen LogP contribution >= 0.6 is 0 Å². The number of aromatic amines is 1. The molecule has 22 heavy (non-hydrogen) atoms. The number of ether oxygens (including phenoxy) is 2. The van der Waals surface area contributed by atoms with Crippen LogP contribution in [0.25, 0.3) is 0 Å². The van der Waals surface area contributed by atoms with Gasteiger partial charge in [0.2, 0.25) is 0 Å². The maximum atomic E-state index is 12.1. The van der Waals surface area contributed by atoms with Crippen LogP contribution in [0.2, 0.25) is 0 Å². The number of amides is 1. The number of hydrogen-bond donors (Lipinski definition) is 2. The summed E-state index contributed by atoms with van der Waals surface area (Å²) in [5.74, 6) is -0.654. The highest BCUT2D eigenvalue weighted by Gasteiger charge is 2.22. The molecule has 0 bridgehead atoms. The number of rotatable bonds is 9. The second-order valence-corrected chi connectivity index (χ2v) is 5.19. The molecule has 6 nitrogen and oxygen atoms in total. The van der Waals surface area contributed by atoms with Gasteiger partial charge in [-0.3, -0.25) is 4.79 Å². The highest BCUT2D eigenvalue weighted by atomic mass is 16.5. The lowest BCUT2D eigenvalue weighted by Crippen LogP contribution is -2.26. The lowest BCUT2D eigenvalue weighted by Gasteiger charge is -2.06. The maximum Gasteiger partial charge on any atom is 0.339 e. The van der Waals surface area contributed by atoms with Gasteiger partial charge < -0.3 is 19.8 Å². The standard InChI is InChI=1S/C16H26N2O4/c1-5-6-9-22-10-7-8-17-15(19)14-11(2)13(12(3)18-14)16(20)21-4/h18H,5-10H2,1-4H3,(H,17,19). The van der Waals surface area contributed by atoms with Crippen LogP contribution in [0.15, 0.2) is 0 Å². The second kappa shape index (κ2) is 9.25. The van der Waals surface area contributed by atoms with Gasteiger partial charge in [0.15, 0.2) is 0 Å². The van der Waals surface area contributed by atoms with Crippen LogP contribution in [-0.4, -0.2) is 43.7 Å². The van der Waals surface area contributed by atoms with E-state index in [4.69, 9.17) is 9.47 Å². The summed E-state index contributed by atoms with van der Waals surface area (Å²) in [4.78, 5) is 26.8. The molecule has 0 aliphatic heterocycles. The molecule has 2 N–H and O–H groups in total. The quantitative estimate of drug-likeness (QED) is 0.542. The number of hydrogen-bond acceptors (Lipinski definition) is 4. The molecule has 1 amide bonds. The predicted molar refractivity (Wildman–Crippen MR) is 84.3 cm³/mol. The Kier molecular flexibility index (Phi) is 7.66. The number of aryl methyl sites for hydroxylation is 1. The van der Waals surface area contributed by atoms with Gasteiger partial charge >= 0.3 is 5.97 Å². The van der Waals surface area contributed by atoms with Gasteiger partial charge in [0.25, 0.3) is 5.91 Å². The zero-order valence-corrected chi connectivity index (χ0v) is 13.9. The summed E-state index contributed by atoms with van der Waals surface area (Å²) in [7, 11) is 1.33. The van der Waals surface area contributed by atoms with Crippen molar-refractivity contribution >= 4 is 11.9 Å². The summed E-state index contributed by atoms with van der Waals surface area (Å²) in [6, 6.07) is 0. The normalized spacial score (nSPS) is 10.5. The Labute approximate surface area is 131 Å². The number of esters is 1. The van der Waals surface area contributed by atoms with Crippen molar-refractivity contribution in [2.75, 3.05) is 26.9 Å². The third kappa shape index (κ3) is 4.87. The molecule has 0 aliphatic rings. The largest absolute Gasteiger partial charge is 0.465 e. The molecule has 0 unspecified atom stereocenters. The first-order valence-corrected chi connectivity index (χ1v) is 7.66. The van der Waals surface area contributed by atoms with Crippen LogP contribution in [0.1, 0.15) is 58.3 Å². The van der Waals surface area contributed by atoms with Gasteiger partial charge in [-0.15, -0.1) is 0 Å². The minimum atomic E-state index is -0.436. The van der Waals surface area contributed by atoms with Gasteiger partial charge in [0, 0.05) is 25.5 Å². The lowest BCUT2D eigenvalue weighted by molar-refractivity contribution is 0.0599. The highest BCUT2D eigenvalue weighted by molar-refractivity contribution is 6.00. The van der Waals surface area contributed by atoms with Gasteiger partial charge in [-0.1, -0.05) is 13.3 Å². The summed E-state index contributed by atoms with van der Waals surface area (Å²) < 4.78 is 10.2. The van der Waals surface area contributed by atoms with E-state index in [2.05, 4.69) is 17.2 Å². The number of nitrogens with one attached hydrogen (secondary N) is 2. The van der Waals surface area contributed by atoms with Crippen molar-refractivity contribution in [2.45, 2.75) is 40.0 Å². The summed E-state index contributed by atoms with van der Waals surface area (Å²) in [5, 5.41) is 2.83. The summed E-state index contributed by atoms with van der Waals surface area (Å²) in [6.45, 7) is 7.54. The van der Waals surface area contributed by atoms with E-state index in [0.29, 0.717) is 35.7 Å². The molecule has 0 saturated heterocycles. The molecule has 0 spiro atoms. The van der Waals surface area contributed by atoms with Gasteiger partial charge in [-0.25, -0.2) is 4.79 Å². The first-order valence-electron chi connectivity index (χ1n) is 7.66. The van der Waals surface area contributed by atoms with Crippen LogP contribution in [0.5, 0.6) is 0 Å². The minimum Gasteiger partial charge on any atom is -0.465 e. The van der Waals surface area contributed by atoms with E-state index in [1.54, 1.807) is 13.8 Å². The highest BCUT2D eigenvalue weighted by Crippen LogP contribution is 2.18.